The van der Waals surface area contributed by atoms with E-state index in [-0.39, 0.29) is 24.5 Å². The first-order valence-electron chi connectivity index (χ1n) is 12.0. The first-order chi connectivity index (χ1) is 17.7. The van der Waals surface area contributed by atoms with Crippen LogP contribution >= 0.6 is 12.4 Å². The lowest BCUT2D eigenvalue weighted by atomic mass is 10.0. The number of piperidine rings is 1. The normalized spacial score (nSPS) is 14.4. The highest BCUT2D eigenvalue weighted by atomic mass is 35.5. The van der Waals surface area contributed by atoms with E-state index in [1.165, 1.54) is 10.9 Å². The Morgan fingerprint density at radius 2 is 1.82 bits per heavy atom. The highest BCUT2D eigenvalue weighted by Crippen LogP contribution is 2.29. The highest BCUT2D eigenvalue weighted by molar-refractivity contribution is 7.92. The van der Waals surface area contributed by atoms with Crippen LogP contribution in [-0.4, -0.2) is 80.5 Å². The van der Waals surface area contributed by atoms with Crippen molar-refractivity contribution in [1.29, 1.82) is 0 Å². The van der Waals surface area contributed by atoms with Crippen LogP contribution in [0.4, 0.5) is 10.5 Å². The van der Waals surface area contributed by atoms with E-state index in [0.29, 0.717) is 22.7 Å². The van der Waals surface area contributed by atoms with Gasteiger partial charge in [0, 0.05) is 50.2 Å². The van der Waals surface area contributed by atoms with E-state index in [1.807, 2.05) is 31.3 Å². The van der Waals surface area contributed by atoms with Crippen molar-refractivity contribution in [1.82, 2.24) is 19.4 Å². The van der Waals surface area contributed by atoms with Crippen LogP contribution < -0.4 is 14.2 Å². The lowest BCUT2D eigenvalue weighted by Crippen LogP contribution is -2.46. The van der Waals surface area contributed by atoms with Crippen LogP contribution in [-0.2, 0) is 16.6 Å². The summed E-state index contributed by atoms with van der Waals surface area (Å²) in [6.45, 7) is 2.57. The zero-order valence-corrected chi connectivity index (χ0v) is 23.6. The van der Waals surface area contributed by atoms with Crippen LogP contribution in [0.2, 0.25) is 0 Å². The van der Waals surface area contributed by atoms with Crippen molar-refractivity contribution in [3.05, 3.63) is 60.6 Å². The van der Waals surface area contributed by atoms with Crippen molar-refractivity contribution in [2.75, 3.05) is 45.3 Å². The van der Waals surface area contributed by atoms with E-state index >= 15 is 0 Å². The molecule has 1 N–H and O–H groups in total. The molecule has 1 aliphatic heterocycles. The molecule has 0 saturated carbocycles. The van der Waals surface area contributed by atoms with Gasteiger partial charge in [0.1, 0.15) is 6.33 Å². The largest absolute Gasteiger partial charge is 0.493 e. The van der Waals surface area contributed by atoms with Crippen molar-refractivity contribution in [3.63, 3.8) is 0 Å². The topological polar surface area (TPSA) is 106 Å². The molecule has 2 heterocycles. The average Bonchev–Trinajstić information content (AvgIpc) is 3.38. The molecule has 12 heteroatoms. The number of rotatable bonds is 8. The Kier molecular flexibility index (Phi) is 9.64. The van der Waals surface area contributed by atoms with E-state index in [2.05, 4.69) is 14.6 Å². The van der Waals surface area contributed by atoms with Gasteiger partial charge in [-0.3, -0.25) is 14.2 Å². The van der Waals surface area contributed by atoms with E-state index in [9.17, 15) is 13.2 Å². The summed E-state index contributed by atoms with van der Waals surface area (Å²) in [4.78, 5) is 21.7. The number of sulfonamides is 1. The SMILES string of the molecule is COc1ccc(CN2CCC(N(C)C(=O)n3cnc(-c4cccc(NS(C)(=O)=O)c4)c3)CC2)cc1OC.Cl. The Morgan fingerprint density at radius 1 is 1.11 bits per heavy atom. The molecule has 1 amide bonds. The van der Waals surface area contributed by atoms with Gasteiger partial charge in [0.25, 0.3) is 0 Å². The van der Waals surface area contributed by atoms with Crippen LogP contribution in [0.3, 0.4) is 0 Å². The summed E-state index contributed by atoms with van der Waals surface area (Å²) in [6.07, 6.45) is 6.01. The predicted molar refractivity (Wildman–Crippen MR) is 150 cm³/mol. The van der Waals surface area contributed by atoms with Crippen molar-refractivity contribution >= 4 is 34.1 Å². The summed E-state index contributed by atoms with van der Waals surface area (Å²) in [5.74, 6) is 1.43. The van der Waals surface area contributed by atoms with Crippen LogP contribution in [0.5, 0.6) is 11.5 Å². The molecule has 1 fully saturated rings. The zero-order valence-electron chi connectivity index (χ0n) is 22.0. The molecule has 38 heavy (non-hydrogen) atoms. The zero-order chi connectivity index (χ0) is 26.6. The Bertz CT molecular complexity index is 1360. The lowest BCUT2D eigenvalue weighted by molar-refractivity contribution is 0.132. The van der Waals surface area contributed by atoms with Gasteiger partial charge in [-0.15, -0.1) is 12.4 Å². The lowest BCUT2D eigenvalue weighted by Gasteiger charge is -2.36. The van der Waals surface area contributed by atoms with Gasteiger partial charge >= 0.3 is 6.03 Å². The molecule has 1 aromatic heterocycles. The smallest absolute Gasteiger partial charge is 0.329 e. The van der Waals surface area contributed by atoms with Crippen LogP contribution in [0.15, 0.2) is 55.0 Å². The number of hydrogen-bond donors (Lipinski definition) is 1. The molecule has 1 saturated heterocycles. The van der Waals surface area contributed by atoms with Gasteiger partial charge in [0.05, 0.1) is 26.2 Å². The summed E-state index contributed by atoms with van der Waals surface area (Å²) >= 11 is 0. The van der Waals surface area contributed by atoms with Crippen molar-refractivity contribution in [2.24, 2.45) is 0 Å². The maximum Gasteiger partial charge on any atom is 0.329 e. The molecule has 1 aliphatic rings. The standard InChI is InChI=1S/C26H33N5O5S.ClH/c1-29(22-10-12-30(13-11-22)16-19-8-9-24(35-2)25(14-19)36-3)26(32)31-17-23(27-18-31)20-6-5-7-21(15-20)28-37(4,33)34;/h5-9,14-15,17-18,22,28H,10-13,16H2,1-4H3;1H. The molecule has 0 spiro atoms. The minimum atomic E-state index is -3.39. The van der Waals surface area contributed by atoms with Gasteiger partial charge in [-0.1, -0.05) is 18.2 Å². The first kappa shape index (κ1) is 29.3. The predicted octanol–water partition coefficient (Wildman–Crippen LogP) is 3.93. The van der Waals surface area contributed by atoms with Crippen LogP contribution in [0.1, 0.15) is 18.4 Å². The van der Waals surface area contributed by atoms with Crippen LogP contribution in [0, 0.1) is 0 Å². The number of hydrogen-bond acceptors (Lipinski definition) is 7. The van der Waals surface area contributed by atoms with Gasteiger partial charge in [-0.25, -0.2) is 18.2 Å². The summed E-state index contributed by atoms with van der Waals surface area (Å²) in [5.41, 5.74) is 2.90. The summed E-state index contributed by atoms with van der Waals surface area (Å²) < 4.78 is 37.7. The Balaban J connectivity index is 0.00000400. The van der Waals surface area contributed by atoms with Crippen LogP contribution in [0.25, 0.3) is 11.3 Å². The number of nitrogens with one attached hydrogen (secondary N) is 1. The van der Waals surface area contributed by atoms with Crippen molar-refractivity contribution in [2.45, 2.75) is 25.4 Å². The number of imidazole rings is 1. The summed E-state index contributed by atoms with van der Waals surface area (Å²) in [5, 5.41) is 0. The highest BCUT2D eigenvalue weighted by Gasteiger charge is 2.26. The van der Waals surface area contributed by atoms with E-state index in [4.69, 9.17) is 9.47 Å². The first-order valence-corrected chi connectivity index (χ1v) is 13.9. The Hall–Kier alpha value is -3.28. The minimum absolute atomic E-state index is 0. The van der Waals surface area contributed by atoms with Gasteiger partial charge < -0.3 is 14.4 Å². The fraction of sp³-hybridized carbons (Fsp3) is 0.385. The number of amides is 1. The second-order valence-corrected chi connectivity index (χ2v) is 11.0. The molecule has 0 atom stereocenters. The third-order valence-corrected chi connectivity index (χ3v) is 7.13. The second-order valence-electron chi connectivity index (χ2n) is 9.21. The number of halogens is 1. The number of anilines is 1. The number of nitrogens with zero attached hydrogens (tertiary/aromatic N) is 4. The summed E-state index contributed by atoms with van der Waals surface area (Å²) in [6, 6.07) is 12.9. The molecule has 10 nitrogen and oxygen atoms in total. The molecular weight excluding hydrogens is 530 g/mol. The Labute approximate surface area is 230 Å². The minimum Gasteiger partial charge on any atom is -0.493 e. The molecule has 0 bridgehead atoms. The number of carbonyl (C=O) groups is 1. The maximum absolute atomic E-state index is 13.2. The molecular formula is C26H34ClN5O5S. The molecule has 0 aliphatic carbocycles. The van der Waals surface area contributed by atoms with Gasteiger partial charge in [0.15, 0.2) is 11.5 Å². The summed E-state index contributed by atoms with van der Waals surface area (Å²) in [7, 11) is 1.70. The fourth-order valence-electron chi connectivity index (χ4n) is 4.57. The van der Waals surface area contributed by atoms with E-state index in [1.54, 1.807) is 43.5 Å². The van der Waals surface area contributed by atoms with Gasteiger partial charge in [-0.05, 0) is 42.7 Å². The number of likely N-dealkylation sites (tertiary alicyclic amines) is 1. The second kappa shape index (κ2) is 12.5. The molecule has 206 valence electrons. The molecule has 0 radical (unpaired) electrons. The average molecular weight is 564 g/mol. The van der Waals surface area contributed by atoms with E-state index < -0.39 is 10.0 Å². The maximum atomic E-state index is 13.2. The number of benzene rings is 2. The quantitative estimate of drug-likeness (QED) is 0.443. The molecule has 4 rings (SSSR count). The molecule has 2 aromatic carbocycles. The molecule has 3 aromatic rings. The van der Waals surface area contributed by atoms with Gasteiger partial charge in [0.2, 0.25) is 10.0 Å². The van der Waals surface area contributed by atoms with Crippen molar-refractivity contribution in [3.8, 4) is 22.8 Å². The third-order valence-electron chi connectivity index (χ3n) is 6.53. The number of methoxy groups -OCH3 is 2. The number of ether oxygens (including phenoxy) is 2. The monoisotopic (exact) mass is 563 g/mol. The fourth-order valence-corrected chi connectivity index (χ4v) is 5.13. The van der Waals surface area contributed by atoms with Crippen molar-refractivity contribution < 1.29 is 22.7 Å². The number of carbonyl (C=O) groups excluding carboxylic acids is 1. The number of aromatic nitrogens is 2. The Morgan fingerprint density at radius 3 is 2.47 bits per heavy atom. The van der Waals surface area contributed by atoms with E-state index in [0.717, 1.165) is 50.0 Å². The molecule has 0 unspecified atom stereocenters. The third kappa shape index (κ3) is 7.18. The van der Waals surface area contributed by atoms with Gasteiger partial charge in [-0.2, -0.15) is 0 Å².